The molecule has 2 aliphatic heterocycles. The van der Waals surface area contributed by atoms with Gasteiger partial charge in [0.05, 0.1) is 24.3 Å². The second-order valence-corrected chi connectivity index (χ2v) is 10.5. The van der Waals surface area contributed by atoms with Gasteiger partial charge in [0.15, 0.2) is 5.84 Å². The molecule has 1 amide bonds. The van der Waals surface area contributed by atoms with E-state index in [2.05, 4.69) is 14.7 Å². The largest absolute Gasteiger partial charge is 0.497 e. The Morgan fingerprint density at radius 2 is 1.75 bits per heavy atom. The fourth-order valence-corrected chi connectivity index (χ4v) is 5.95. The minimum absolute atomic E-state index is 0.0244. The van der Waals surface area contributed by atoms with Crippen LogP contribution in [-0.4, -0.2) is 45.2 Å². The van der Waals surface area contributed by atoms with Gasteiger partial charge in [-0.2, -0.15) is 15.1 Å². The summed E-state index contributed by atoms with van der Waals surface area (Å²) in [6.07, 6.45) is 1.75. The quantitative estimate of drug-likeness (QED) is 0.262. The number of amidine groups is 2. The number of fused-ring (bicyclic) bond motifs is 2. The third-order valence-electron chi connectivity index (χ3n) is 6.77. The van der Waals surface area contributed by atoms with Crippen LogP contribution in [0, 0.1) is 12.3 Å². The highest BCUT2D eigenvalue weighted by molar-refractivity contribution is 8.27. The van der Waals surface area contributed by atoms with Crippen LogP contribution in [0.15, 0.2) is 88.5 Å². The zero-order valence-electron chi connectivity index (χ0n) is 21.7. The molecule has 200 valence electrons. The molecule has 10 heteroatoms. The number of hydrogen-bond acceptors (Lipinski definition) is 6. The highest BCUT2D eigenvalue weighted by atomic mass is 35.5. The summed E-state index contributed by atoms with van der Waals surface area (Å²) in [5.74, 6) is 1.03. The summed E-state index contributed by atoms with van der Waals surface area (Å²) in [6, 6.07) is 22.8. The lowest BCUT2D eigenvalue weighted by Gasteiger charge is -2.20. The summed E-state index contributed by atoms with van der Waals surface area (Å²) in [6.45, 7) is 3.06. The van der Waals surface area contributed by atoms with Crippen molar-refractivity contribution in [2.24, 2.45) is 10.1 Å². The van der Waals surface area contributed by atoms with Gasteiger partial charge in [-0.25, -0.2) is 0 Å². The molecule has 1 N–H and O–H groups in total. The van der Waals surface area contributed by atoms with E-state index in [1.807, 2.05) is 73.7 Å². The summed E-state index contributed by atoms with van der Waals surface area (Å²) in [4.78, 5) is 17.4. The van der Waals surface area contributed by atoms with Crippen molar-refractivity contribution in [2.75, 3.05) is 13.7 Å². The molecule has 2 aliphatic rings. The topological polar surface area (TPSA) is 92.3 Å². The number of benzene rings is 3. The highest BCUT2D eigenvalue weighted by Crippen LogP contribution is 2.34. The standard InChI is InChI=1S/C30H24ClN5O3S/c1-18-23(21-7-4-6-10-26(21)35(18)15-16-39-20-13-11-19(38-2)12-14-20)17-24-27(32)36-30(33-28(24)37)40-29(34-36)22-8-3-5-9-25(22)31/h3-14,17,32H,15-16H2,1-2H3/b24-17-,32-27?. The van der Waals surface area contributed by atoms with Crippen LogP contribution < -0.4 is 9.47 Å². The second-order valence-electron chi connectivity index (χ2n) is 9.10. The number of nitrogens with one attached hydrogen (secondary N) is 1. The molecule has 0 saturated carbocycles. The van der Waals surface area contributed by atoms with Crippen molar-refractivity contribution in [1.29, 1.82) is 5.41 Å². The first-order valence-corrected chi connectivity index (χ1v) is 13.7. The molecule has 0 saturated heterocycles. The highest BCUT2D eigenvalue weighted by Gasteiger charge is 2.36. The van der Waals surface area contributed by atoms with E-state index in [1.54, 1.807) is 19.3 Å². The van der Waals surface area contributed by atoms with E-state index < -0.39 is 5.91 Å². The first kappa shape index (κ1) is 25.9. The van der Waals surface area contributed by atoms with Crippen LogP contribution in [-0.2, 0) is 11.3 Å². The molecule has 1 aromatic heterocycles. The number of thioether (sulfide) groups is 1. The van der Waals surface area contributed by atoms with Gasteiger partial charge in [0, 0.05) is 27.7 Å². The third kappa shape index (κ3) is 4.67. The van der Waals surface area contributed by atoms with E-state index in [4.69, 9.17) is 26.5 Å². The Hall–Kier alpha value is -4.34. The molecular formula is C30H24ClN5O3S. The lowest BCUT2D eigenvalue weighted by molar-refractivity contribution is -0.114. The molecule has 0 bridgehead atoms. The molecule has 0 unspecified atom stereocenters. The monoisotopic (exact) mass is 569 g/mol. The molecule has 0 spiro atoms. The number of aliphatic imine (C=N–C) groups is 1. The van der Waals surface area contributed by atoms with E-state index in [1.165, 1.54) is 16.8 Å². The Kier molecular flexibility index (Phi) is 6.91. The molecule has 0 fully saturated rings. The number of aromatic nitrogens is 1. The second kappa shape index (κ2) is 10.7. The van der Waals surface area contributed by atoms with Crippen molar-refractivity contribution in [2.45, 2.75) is 13.5 Å². The first-order chi connectivity index (χ1) is 19.4. The average Bonchev–Trinajstić information content (AvgIpc) is 3.50. The van der Waals surface area contributed by atoms with Gasteiger partial charge in [0.1, 0.15) is 23.1 Å². The predicted octanol–water partition coefficient (Wildman–Crippen LogP) is 6.36. The van der Waals surface area contributed by atoms with Crippen LogP contribution in [0.5, 0.6) is 11.5 Å². The Balaban J connectivity index is 1.30. The maximum Gasteiger partial charge on any atom is 0.283 e. The molecule has 0 aliphatic carbocycles. The van der Waals surface area contributed by atoms with E-state index in [-0.39, 0.29) is 11.4 Å². The van der Waals surface area contributed by atoms with E-state index >= 15 is 0 Å². The van der Waals surface area contributed by atoms with Crippen LogP contribution in [0.25, 0.3) is 17.0 Å². The first-order valence-electron chi connectivity index (χ1n) is 12.5. The van der Waals surface area contributed by atoms with Gasteiger partial charge < -0.3 is 14.0 Å². The van der Waals surface area contributed by atoms with E-state index in [0.717, 1.165) is 39.2 Å². The molecule has 40 heavy (non-hydrogen) atoms. The Morgan fingerprint density at radius 3 is 2.52 bits per heavy atom. The Labute approximate surface area is 240 Å². The fraction of sp³-hybridized carbons (Fsp3) is 0.133. The van der Waals surface area contributed by atoms with Crippen molar-refractivity contribution >= 4 is 62.3 Å². The maximum absolute atomic E-state index is 13.1. The molecule has 8 nitrogen and oxygen atoms in total. The van der Waals surface area contributed by atoms with Gasteiger partial charge >= 0.3 is 0 Å². The Bertz CT molecular complexity index is 1760. The summed E-state index contributed by atoms with van der Waals surface area (Å²) >= 11 is 7.58. The number of amides is 1. The third-order valence-corrected chi connectivity index (χ3v) is 8.04. The van der Waals surface area contributed by atoms with Crippen LogP contribution >= 0.6 is 23.4 Å². The SMILES string of the molecule is COc1ccc(OCCn2c(C)c(/C=C3/C(=N)N4N=C(c5ccccc5Cl)SC4=NC3=O)c3ccccc32)cc1. The number of methoxy groups -OCH3 is 1. The number of carbonyl (C=O) groups excluding carboxylic acids is 1. The van der Waals surface area contributed by atoms with Crippen LogP contribution in [0.4, 0.5) is 0 Å². The molecule has 3 aromatic carbocycles. The predicted molar refractivity (Wildman–Crippen MR) is 161 cm³/mol. The Morgan fingerprint density at radius 1 is 1.02 bits per heavy atom. The fourth-order valence-electron chi connectivity index (χ4n) is 4.73. The molecule has 3 heterocycles. The van der Waals surface area contributed by atoms with E-state index in [0.29, 0.717) is 28.4 Å². The van der Waals surface area contributed by atoms with Crippen LogP contribution in [0.2, 0.25) is 5.02 Å². The van der Waals surface area contributed by atoms with Crippen molar-refractivity contribution in [3.8, 4) is 11.5 Å². The number of rotatable bonds is 7. The number of hydrazone groups is 1. The summed E-state index contributed by atoms with van der Waals surface area (Å²) in [5.41, 5.74) is 3.73. The maximum atomic E-state index is 13.1. The van der Waals surface area contributed by atoms with Crippen LogP contribution in [0.1, 0.15) is 16.8 Å². The van der Waals surface area contributed by atoms with Gasteiger partial charge in [-0.15, -0.1) is 0 Å². The zero-order valence-corrected chi connectivity index (χ0v) is 23.3. The minimum Gasteiger partial charge on any atom is -0.497 e. The molecule has 4 aromatic rings. The van der Waals surface area contributed by atoms with Crippen molar-refractivity contribution < 1.29 is 14.3 Å². The van der Waals surface area contributed by atoms with Crippen molar-refractivity contribution in [3.05, 3.63) is 100 Å². The molecular weight excluding hydrogens is 546 g/mol. The summed E-state index contributed by atoms with van der Waals surface area (Å²) in [5, 5.41) is 17.3. The minimum atomic E-state index is -0.474. The van der Waals surface area contributed by atoms with Gasteiger partial charge in [0.2, 0.25) is 5.17 Å². The normalized spacial score (nSPS) is 15.9. The summed E-state index contributed by atoms with van der Waals surface area (Å²) in [7, 11) is 1.63. The van der Waals surface area contributed by atoms with Gasteiger partial charge in [-0.05, 0) is 61.2 Å². The van der Waals surface area contributed by atoms with Gasteiger partial charge in [-0.1, -0.05) is 48.0 Å². The number of halogens is 1. The number of hydrogen-bond donors (Lipinski definition) is 1. The smallest absolute Gasteiger partial charge is 0.283 e. The summed E-state index contributed by atoms with van der Waals surface area (Å²) < 4.78 is 13.4. The number of ether oxygens (including phenoxy) is 2. The zero-order chi connectivity index (χ0) is 27.8. The average molecular weight is 570 g/mol. The molecule has 0 atom stereocenters. The van der Waals surface area contributed by atoms with Crippen molar-refractivity contribution in [3.63, 3.8) is 0 Å². The molecule has 6 rings (SSSR count). The lowest BCUT2D eigenvalue weighted by Crippen LogP contribution is -2.35. The van der Waals surface area contributed by atoms with Gasteiger partial charge in [-0.3, -0.25) is 10.2 Å². The van der Waals surface area contributed by atoms with E-state index in [9.17, 15) is 4.79 Å². The van der Waals surface area contributed by atoms with Crippen molar-refractivity contribution in [1.82, 2.24) is 9.58 Å². The van der Waals surface area contributed by atoms with Gasteiger partial charge in [0.25, 0.3) is 5.91 Å². The number of carbonyl (C=O) groups is 1. The lowest BCUT2D eigenvalue weighted by atomic mass is 10.1. The van der Waals surface area contributed by atoms with Crippen LogP contribution in [0.3, 0.4) is 0 Å². The number of nitrogens with zero attached hydrogens (tertiary/aromatic N) is 4. The molecule has 0 radical (unpaired) electrons. The number of para-hydroxylation sites is 1.